The number of carbonyl (C=O) groups is 1. The lowest BCUT2D eigenvalue weighted by Gasteiger charge is -2.37. The number of nitrogens with zero attached hydrogens (tertiary/aromatic N) is 3. The Kier molecular flexibility index (Phi) is 7.42. The number of hydrogen-bond donors (Lipinski definition) is 1. The first-order valence-electron chi connectivity index (χ1n) is 12.1. The van der Waals surface area contributed by atoms with Crippen LogP contribution < -0.4 is 9.46 Å². The van der Waals surface area contributed by atoms with Crippen molar-refractivity contribution >= 4 is 15.9 Å². The van der Waals surface area contributed by atoms with E-state index in [0.29, 0.717) is 36.5 Å². The van der Waals surface area contributed by atoms with Gasteiger partial charge in [-0.2, -0.15) is 0 Å². The van der Waals surface area contributed by atoms with Gasteiger partial charge in [0, 0.05) is 43.7 Å². The SMILES string of the molecule is CCc1ccc(S(=O)(=O)N[C@H]2CC(C)(C)Oc3ncc(C(=O)N(CC)Cc4ccncc4)cc32)cc1. The maximum Gasteiger partial charge on any atom is 0.255 e. The predicted octanol–water partition coefficient (Wildman–Crippen LogP) is 4.28. The van der Waals surface area contributed by atoms with Crippen LogP contribution in [0.25, 0.3) is 0 Å². The first-order chi connectivity index (χ1) is 17.1. The van der Waals surface area contributed by atoms with Gasteiger partial charge in [0.1, 0.15) is 5.60 Å². The number of hydrogen-bond acceptors (Lipinski definition) is 6. The average Bonchev–Trinajstić information content (AvgIpc) is 2.86. The summed E-state index contributed by atoms with van der Waals surface area (Å²) in [5, 5.41) is 0. The van der Waals surface area contributed by atoms with Gasteiger partial charge < -0.3 is 9.64 Å². The third-order valence-corrected chi connectivity index (χ3v) is 7.79. The third kappa shape index (κ3) is 5.74. The van der Waals surface area contributed by atoms with E-state index in [9.17, 15) is 13.2 Å². The Labute approximate surface area is 212 Å². The Morgan fingerprint density at radius 1 is 1.11 bits per heavy atom. The van der Waals surface area contributed by atoms with Gasteiger partial charge >= 0.3 is 0 Å². The number of nitrogens with one attached hydrogen (secondary N) is 1. The molecule has 8 nitrogen and oxygen atoms in total. The van der Waals surface area contributed by atoms with Crippen molar-refractivity contribution in [2.75, 3.05) is 6.54 Å². The molecule has 1 aliphatic heterocycles. The number of aryl methyl sites for hydroxylation is 1. The largest absolute Gasteiger partial charge is 0.471 e. The van der Waals surface area contributed by atoms with Crippen LogP contribution in [-0.2, 0) is 23.0 Å². The van der Waals surface area contributed by atoms with Gasteiger partial charge in [-0.25, -0.2) is 18.1 Å². The minimum Gasteiger partial charge on any atom is -0.471 e. The van der Waals surface area contributed by atoms with E-state index >= 15 is 0 Å². The molecule has 0 fully saturated rings. The molecule has 1 atom stereocenters. The molecule has 0 aliphatic carbocycles. The lowest BCUT2D eigenvalue weighted by atomic mass is 9.91. The molecule has 1 aromatic carbocycles. The molecule has 9 heteroatoms. The predicted molar refractivity (Wildman–Crippen MR) is 137 cm³/mol. The Morgan fingerprint density at radius 2 is 1.81 bits per heavy atom. The maximum atomic E-state index is 13.4. The highest BCUT2D eigenvalue weighted by atomic mass is 32.2. The molecule has 2 aromatic heterocycles. The number of rotatable bonds is 8. The molecule has 1 aliphatic rings. The van der Waals surface area contributed by atoms with Crippen LogP contribution in [0.3, 0.4) is 0 Å². The zero-order chi connectivity index (χ0) is 25.9. The maximum absolute atomic E-state index is 13.4. The van der Waals surface area contributed by atoms with E-state index in [4.69, 9.17) is 4.74 Å². The van der Waals surface area contributed by atoms with Crippen molar-refractivity contribution in [1.82, 2.24) is 19.6 Å². The fourth-order valence-corrected chi connectivity index (χ4v) is 5.52. The fourth-order valence-electron chi connectivity index (χ4n) is 4.31. The van der Waals surface area contributed by atoms with Crippen molar-refractivity contribution in [2.45, 2.75) is 63.6 Å². The summed E-state index contributed by atoms with van der Waals surface area (Å²) in [6.45, 7) is 8.65. The second kappa shape index (κ2) is 10.4. The Balaban J connectivity index is 1.63. The summed E-state index contributed by atoms with van der Waals surface area (Å²) < 4.78 is 35.4. The van der Waals surface area contributed by atoms with Crippen LogP contribution in [0.4, 0.5) is 0 Å². The summed E-state index contributed by atoms with van der Waals surface area (Å²) in [5.74, 6) is 0.139. The summed E-state index contributed by atoms with van der Waals surface area (Å²) in [6.07, 6.45) is 6.10. The van der Waals surface area contributed by atoms with Gasteiger partial charge in [0.25, 0.3) is 5.91 Å². The van der Waals surface area contributed by atoms with E-state index in [0.717, 1.165) is 17.5 Å². The monoisotopic (exact) mass is 508 g/mol. The summed E-state index contributed by atoms with van der Waals surface area (Å²) in [6, 6.07) is 11.7. The Bertz CT molecular complexity index is 1330. The molecule has 3 heterocycles. The van der Waals surface area contributed by atoms with E-state index < -0.39 is 21.7 Å². The summed E-state index contributed by atoms with van der Waals surface area (Å²) >= 11 is 0. The van der Waals surface area contributed by atoms with Gasteiger partial charge in [0.05, 0.1) is 16.5 Å². The van der Waals surface area contributed by atoms with Crippen molar-refractivity contribution in [3.05, 3.63) is 83.3 Å². The molecule has 0 unspecified atom stereocenters. The molecule has 0 saturated carbocycles. The molecule has 0 saturated heterocycles. The molecule has 1 N–H and O–H groups in total. The van der Waals surface area contributed by atoms with Crippen molar-refractivity contribution in [1.29, 1.82) is 0 Å². The van der Waals surface area contributed by atoms with Crippen LogP contribution in [0, 0.1) is 0 Å². The van der Waals surface area contributed by atoms with Crippen LogP contribution in [0.1, 0.15) is 67.2 Å². The van der Waals surface area contributed by atoms with Crippen molar-refractivity contribution in [3.8, 4) is 5.88 Å². The standard InChI is InChI=1S/C27H32N4O4S/c1-5-19-7-9-22(10-8-19)36(33,34)30-24-16-27(3,4)35-25-23(24)15-21(17-29-25)26(32)31(6-2)18-20-11-13-28-14-12-20/h7-15,17,24,30H,5-6,16,18H2,1-4H3/t24-/m0/s1. The first-order valence-corrected chi connectivity index (χ1v) is 13.6. The first kappa shape index (κ1) is 25.8. The van der Waals surface area contributed by atoms with Crippen molar-refractivity contribution in [3.63, 3.8) is 0 Å². The second-order valence-electron chi connectivity index (χ2n) is 9.53. The van der Waals surface area contributed by atoms with Crippen LogP contribution >= 0.6 is 0 Å². The van der Waals surface area contributed by atoms with Gasteiger partial charge in [0.2, 0.25) is 15.9 Å². The molecule has 190 valence electrons. The van der Waals surface area contributed by atoms with E-state index in [-0.39, 0.29) is 10.8 Å². The number of sulfonamides is 1. The molecule has 0 radical (unpaired) electrons. The summed E-state index contributed by atoms with van der Waals surface area (Å²) in [4.78, 5) is 23.7. The smallest absolute Gasteiger partial charge is 0.255 e. The zero-order valence-electron chi connectivity index (χ0n) is 21.1. The van der Waals surface area contributed by atoms with Gasteiger partial charge in [-0.1, -0.05) is 19.1 Å². The Morgan fingerprint density at radius 3 is 2.44 bits per heavy atom. The molecule has 0 spiro atoms. The van der Waals surface area contributed by atoms with Gasteiger partial charge in [0.15, 0.2) is 0 Å². The number of pyridine rings is 2. The number of carbonyl (C=O) groups excluding carboxylic acids is 1. The highest BCUT2D eigenvalue weighted by Crippen LogP contribution is 2.39. The van der Waals surface area contributed by atoms with Crippen LogP contribution in [-0.4, -0.2) is 41.3 Å². The summed E-state index contributed by atoms with van der Waals surface area (Å²) in [5.41, 5.74) is 2.32. The van der Waals surface area contributed by atoms with E-state index in [1.165, 1.54) is 6.20 Å². The number of benzene rings is 1. The minimum atomic E-state index is -3.81. The normalized spacial score (nSPS) is 16.6. The summed E-state index contributed by atoms with van der Waals surface area (Å²) in [7, 11) is -3.81. The van der Waals surface area contributed by atoms with Crippen LogP contribution in [0.15, 0.2) is 66.0 Å². The Hall–Kier alpha value is -3.30. The molecule has 4 rings (SSSR count). The number of fused-ring (bicyclic) bond motifs is 1. The van der Waals surface area contributed by atoms with Gasteiger partial charge in [-0.3, -0.25) is 9.78 Å². The molecule has 0 bridgehead atoms. The van der Waals surface area contributed by atoms with Crippen LogP contribution in [0.2, 0.25) is 0 Å². The van der Waals surface area contributed by atoms with E-state index in [2.05, 4.69) is 14.7 Å². The molecule has 36 heavy (non-hydrogen) atoms. The lowest BCUT2D eigenvalue weighted by molar-refractivity contribution is 0.0637. The lowest BCUT2D eigenvalue weighted by Crippen LogP contribution is -2.42. The number of amides is 1. The third-order valence-electron chi connectivity index (χ3n) is 6.30. The molecular formula is C27H32N4O4S. The number of ether oxygens (including phenoxy) is 1. The highest BCUT2D eigenvalue weighted by Gasteiger charge is 2.37. The highest BCUT2D eigenvalue weighted by molar-refractivity contribution is 7.89. The van der Waals surface area contributed by atoms with Crippen molar-refractivity contribution in [2.24, 2.45) is 0 Å². The topological polar surface area (TPSA) is 101 Å². The van der Waals surface area contributed by atoms with Crippen LogP contribution in [0.5, 0.6) is 5.88 Å². The minimum absolute atomic E-state index is 0.189. The second-order valence-corrected chi connectivity index (χ2v) is 11.2. The molecule has 3 aromatic rings. The van der Waals surface area contributed by atoms with Gasteiger partial charge in [-0.15, -0.1) is 0 Å². The zero-order valence-corrected chi connectivity index (χ0v) is 21.9. The van der Waals surface area contributed by atoms with Gasteiger partial charge in [-0.05, 0) is 68.7 Å². The average molecular weight is 509 g/mol. The van der Waals surface area contributed by atoms with E-state index in [1.54, 1.807) is 35.5 Å². The molecule has 1 amide bonds. The van der Waals surface area contributed by atoms with Crippen molar-refractivity contribution < 1.29 is 17.9 Å². The molecular weight excluding hydrogens is 476 g/mol. The fraction of sp³-hybridized carbons (Fsp3) is 0.370. The quantitative estimate of drug-likeness (QED) is 0.487. The van der Waals surface area contributed by atoms with E-state index in [1.807, 2.05) is 52.0 Å². The number of aromatic nitrogens is 2.